The summed E-state index contributed by atoms with van der Waals surface area (Å²) in [7, 11) is 1.68. The van der Waals surface area contributed by atoms with Gasteiger partial charge in [0.15, 0.2) is 0 Å². The molecule has 7 heteroatoms. The van der Waals surface area contributed by atoms with Crippen LogP contribution in [0.5, 0.6) is 0 Å². The Balaban J connectivity index is 2.53. The first-order valence-corrected chi connectivity index (χ1v) is 6.60. The SMILES string of the molecule is CCOC(=O)CN(C)C(C)C(=O)Nc1ccc(Cl)cn1. The summed E-state index contributed by atoms with van der Waals surface area (Å²) in [6, 6.07) is 2.76. The monoisotopic (exact) mass is 299 g/mol. The van der Waals surface area contributed by atoms with Crippen LogP contribution in [-0.4, -0.2) is 48.0 Å². The number of ether oxygens (including phenoxy) is 1. The summed E-state index contributed by atoms with van der Waals surface area (Å²) < 4.78 is 4.83. The molecule has 0 fully saturated rings. The Bertz CT molecular complexity index is 464. The lowest BCUT2D eigenvalue weighted by molar-refractivity contribution is -0.144. The molecule has 0 aliphatic heterocycles. The van der Waals surface area contributed by atoms with Crippen LogP contribution in [0.1, 0.15) is 13.8 Å². The average molecular weight is 300 g/mol. The minimum atomic E-state index is -0.489. The number of nitrogens with zero attached hydrogens (tertiary/aromatic N) is 2. The Morgan fingerprint density at radius 2 is 2.20 bits per heavy atom. The Morgan fingerprint density at radius 3 is 2.75 bits per heavy atom. The molecule has 1 aromatic rings. The molecule has 0 saturated carbocycles. The lowest BCUT2D eigenvalue weighted by Gasteiger charge is -2.22. The van der Waals surface area contributed by atoms with Gasteiger partial charge in [-0.3, -0.25) is 14.5 Å². The lowest BCUT2D eigenvalue weighted by Crippen LogP contribution is -2.42. The van der Waals surface area contributed by atoms with Crippen molar-refractivity contribution in [1.29, 1.82) is 0 Å². The Kier molecular flexibility index (Phi) is 6.41. The molecular weight excluding hydrogens is 282 g/mol. The molecule has 0 aromatic carbocycles. The largest absolute Gasteiger partial charge is 0.465 e. The van der Waals surface area contributed by atoms with E-state index < -0.39 is 6.04 Å². The summed E-state index contributed by atoms with van der Waals surface area (Å²) in [5, 5.41) is 3.15. The molecule has 1 atom stereocenters. The van der Waals surface area contributed by atoms with Gasteiger partial charge in [-0.15, -0.1) is 0 Å². The third-order valence-electron chi connectivity index (χ3n) is 2.70. The van der Waals surface area contributed by atoms with E-state index in [1.807, 2.05) is 0 Å². The van der Waals surface area contributed by atoms with Gasteiger partial charge in [-0.1, -0.05) is 11.6 Å². The second-order valence-corrected chi connectivity index (χ2v) is 4.68. The topological polar surface area (TPSA) is 71.5 Å². The van der Waals surface area contributed by atoms with Crippen LogP contribution in [-0.2, 0) is 14.3 Å². The van der Waals surface area contributed by atoms with Crippen molar-refractivity contribution in [2.45, 2.75) is 19.9 Å². The van der Waals surface area contributed by atoms with E-state index in [1.54, 1.807) is 37.9 Å². The summed E-state index contributed by atoms with van der Waals surface area (Å²) in [5.74, 6) is -0.207. The quantitative estimate of drug-likeness (QED) is 0.807. The molecule has 0 saturated heterocycles. The van der Waals surface area contributed by atoms with E-state index in [-0.39, 0.29) is 18.4 Å². The van der Waals surface area contributed by atoms with Gasteiger partial charge in [-0.2, -0.15) is 0 Å². The zero-order chi connectivity index (χ0) is 15.1. The zero-order valence-electron chi connectivity index (χ0n) is 11.7. The number of carbonyl (C=O) groups is 2. The first-order chi connectivity index (χ1) is 9.43. The van der Waals surface area contributed by atoms with Gasteiger partial charge in [-0.05, 0) is 33.0 Å². The minimum Gasteiger partial charge on any atom is -0.465 e. The molecule has 20 heavy (non-hydrogen) atoms. The molecule has 1 N–H and O–H groups in total. The molecule has 6 nitrogen and oxygen atoms in total. The van der Waals surface area contributed by atoms with Crippen molar-refractivity contribution >= 4 is 29.3 Å². The van der Waals surface area contributed by atoms with Crippen molar-refractivity contribution in [3.63, 3.8) is 0 Å². The number of carbonyl (C=O) groups excluding carboxylic acids is 2. The molecule has 110 valence electrons. The molecule has 0 bridgehead atoms. The fourth-order valence-corrected chi connectivity index (χ4v) is 1.54. The number of hydrogen-bond donors (Lipinski definition) is 1. The molecule has 1 amide bonds. The van der Waals surface area contributed by atoms with Crippen LogP contribution in [0, 0.1) is 0 Å². The molecule has 1 unspecified atom stereocenters. The fourth-order valence-electron chi connectivity index (χ4n) is 1.43. The molecule has 1 heterocycles. The summed E-state index contributed by atoms with van der Waals surface area (Å²) >= 11 is 5.71. The van der Waals surface area contributed by atoms with Crippen molar-refractivity contribution in [1.82, 2.24) is 9.88 Å². The second-order valence-electron chi connectivity index (χ2n) is 4.25. The van der Waals surface area contributed by atoms with Gasteiger partial charge in [0.25, 0.3) is 0 Å². The number of aromatic nitrogens is 1. The number of halogens is 1. The Labute approximate surface area is 123 Å². The van der Waals surface area contributed by atoms with Crippen LogP contribution in [0.4, 0.5) is 5.82 Å². The molecule has 0 aliphatic rings. The highest BCUT2D eigenvalue weighted by atomic mass is 35.5. The van der Waals surface area contributed by atoms with E-state index in [1.165, 1.54) is 6.20 Å². The van der Waals surface area contributed by atoms with E-state index in [9.17, 15) is 9.59 Å². The van der Waals surface area contributed by atoms with Crippen molar-refractivity contribution < 1.29 is 14.3 Å². The van der Waals surface area contributed by atoms with E-state index >= 15 is 0 Å². The normalized spacial score (nSPS) is 12.1. The van der Waals surface area contributed by atoms with Crippen molar-refractivity contribution in [2.75, 3.05) is 25.5 Å². The van der Waals surface area contributed by atoms with E-state index in [2.05, 4.69) is 10.3 Å². The van der Waals surface area contributed by atoms with Gasteiger partial charge in [0.05, 0.1) is 24.2 Å². The maximum atomic E-state index is 12.0. The number of nitrogens with one attached hydrogen (secondary N) is 1. The van der Waals surface area contributed by atoms with Crippen LogP contribution in [0.25, 0.3) is 0 Å². The number of likely N-dealkylation sites (N-methyl/N-ethyl adjacent to an activating group) is 1. The van der Waals surface area contributed by atoms with Crippen LogP contribution in [0.3, 0.4) is 0 Å². The molecule has 0 spiro atoms. The second kappa shape index (κ2) is 7.81. The fraction of sp³-hybridized carbons (Fsp3) is 0.462. The van der Waals surface area contributed by atoms with Gasteiger partial charge in [-0.25, -0.2) is 4.98 Å². The predicted molar refractivity (Wildman–Crippen MR) is 76.6 cm³/mol. The zero-order valence-corrected chi connectivity index (χ0v) is 12.5. The number of anilines is 1. The molecule has 1 rings (SSSR count). The summed E-state index contributed by atoms with van der Waals surface area (Å²) in [4.78, 5) is 28.9. The molecule has 1 aromatic heterocycles. The highest BCUT2D eigenvalue weighted by Gasteiger charge is 2.20. The van der Waals surface area contributed by atoms with E-state index in [0.29, 0.717) is 17.4 Å². The molecular formula is C13H18ClN3O3. The van der Waals surface area contributed by atoms with Crippen LogP contribution in [0.15, 0.2) is 18.3 Å². The Hall–Kier alpha value is -1.66. The lowest BCUT2D eigenvalue weighted by atomic mass is 10.2. The van der Waals surface area contributed by atoms with Gasteiger partial charge < -0.3 is 10.1 Å². The maximum absolute atomic E-state index is 12.0. The molecule has 0 radical (unpaired) electrons. The van der Waals surface area contributed by atoms with Crippen molar-refractivity contribution in [3.8, 4) is 0 Å². The van der Waals surface area contributed by atoms with Crippen LogP contribution < -0.4 is 5.32 Å². The summed E-state index contributed by atoms with van der Waals surface area (Å²) in [5.41, 5.74) is 0. The number of pyridine rings is 1. The number of esters is 1. The predicted octanol–water partition coefficient (Wildman–Crippen LogP) is 1.56. The standard InChI is InChI=1S/C13H18ClN3O3/c1-4-20-12(18)8-17(3)9(2)13(19)16-11-6-5-10(14)7-15-11/h5-7,9H,4,8H2,1-3H3,(H,15,16,19). The van der Waals surface area contributed by atoms with Crippen LogP contribution >= 0.6 is 11.6 Å². The maximum Gasteiger partial charge on any atom is 0.320 e. The number of amides is 1. The minimum absolute atomic E-state index is 0.0521. The highest BCUT2D eigenvalue weighted by Crippen LogP contribution is 2.10. The third kappa shape index (κ3) is 5.14. The number of hydrogen-bond acceptors (Lipinski definition) is 5. The molecule has 0 aliphatic carbocycles. The van der Waals surface area contributed by atoms with Crippen LogP contribution in [0.2, 0.25) is 5.02 Å². The van der Waals surface area contributed by atoms with E-state index in [0.717, 1.165) is 0 Å². The number of rotatable bonds is 6. The highest BCUT2D eigenvalue weighted by molar-refractivity contribution is 6.30. The summed E-state index contributed by atoms with van der Waals surface area (Å²) in [6.07, 6.45) is 1.45. The smallest absolute Gasteiger partial charge is 0.320 e. The van der Waals surface area contributed by atoms with Gasteiger partial charge >= 0.3 is 5.97 Å². The van der Waals surface area contributed by atoms with Crippen molar-refractivity contribution in [2.24, 2.45) is 0 Å². The van der Waals surface area contributed by atoms with E-state index in [4.69, 9.17) is 16.3 Å². The average Bonchev–Trinajstić information content (AvgIpc) is 2.40. The Morgan fingerprint density at radius 1 is 1.50 bits per heavy atom. The first kappa shape index (κ1) is 16.4. The van der Waals surface area contributed by atoms with Gasteiger partial charge in [0, 0.05) is 6.20 Å². The third-order valence-corrected chi connectivity index (χ3v) is 2.93. The van der Waals surface area contributed by atoms with Gasteiger partial charge in [0.2, 0.25) is 5.91 Å². The van der Waals surface area contributed by atoms with Gasteiger partial charge in [0.1, 0.15) is 5.82 Å². The van der Waals surface area contributed by atoms with Crippen molar-refractivity contribution in [3.05, 3.63) is 23.4 Å². The first-order valence-electron chi connectivity index (χ1n) is 6.22. The summed E-state index contributed by atoms with van der Waals surface area (Å²) in [6.45, 7) is 3.81.